The third-order valence-electron chi connectivity index (χ3n) is 5.57. The summed E-state index contributed by atoms with van der Waals surface area (Å²) in [6.45, 7) is 0.932. The van der Waals surface area contributed by atoms with E-state index in [1.807, 2.05) is 18.2 Å². The van der Waals surface area contributed by atoms with Crippen molar-refractivity contribution in [2.45, 2.75) is 24.9 Å². The molecule has 0 saturated carbocycles. The molecule has 3 aromatic carbocycles. The Morgan fingerprint density at radius 1 is 0.892 bits per heavy atom. The number of nitrogens with one attached hydrogen (secondary N) is 2. The van der Waals surface area contributed by atoms with Crippen LogP contribution in [0.1, 0.15) is 38.8 Å². The van der Waals surface area contributed by atoms with Crippen LogP contribution in [-0.2, 0) is 22.9 Å². The highest BCUT2D eigenvalue weighted by Crippen LogP contribution is 2.22. The lowest BCUT2D eigenvalue weighted by Crippen LogP contribution is -2.26. The zero-order valence-electron chi connectivity index (χ0n) is 20.6. The first-order valence-electron chi connectivity index (χ1n) is 11.6. The van der Waals surface area contributed by atoms with Crippen LogP contribution in [0.3, 0.4) is 0 Å². The number of carbonyl (C=O) groups is 2. The molecule has 2 amide bonds. The second kappa shape index (κ2) is 12.9. The molecular weight excluding hydrogens is 499 g/mol. The van der Waals surface area contributed by atoms with Gasteiger partial charge in [0.2, 0.25) is 0 Å². The van der Waals surface area contributed by atoms with Crippen molar-refractivity contribution in [2.24, 2.45) is 0 Å². The maximum absolute atomic E-state index is 13.0. The van der Waals surface area contributed by atoms with E-state index in [9.17, 15) is 22.4 Å². The molecule has 0 aliphatic carbocycles. The van der Waals surface area contributed by atoms with E-state index >= 15 is 0 Å². The summed E-state index contributed by atoms with van der Waals surface area (Å²) in [6.07, 6.45) is 0. The van der Waals surface area contributed by atoms with E-state index in [2.05, 4.69) is 10.6 Å². The highest BCUT2D eigenvalue weighted by Gasteiger charge is 2.17. The van der Waals surface area contributed by atoms with Crippen molar-refractivity contribution < 1.29 is 31.9 Å². The molecule has 0 aliphatic rings. The molecule has 8 nitrogen and oxygen atoms in total. The van der Waals surface area contributed by atoms with Gasteiger partial charge in [-0.25, -0.2) is 12.8 Å². The average Bonchev–Trinajstić information content (AvgIpc) is 2.93. The van der Waals surface area contributed by atoms with Crippen LogP contribution in [0.5, 0.6) is 11.5 Å². The van der Waals surface area contributed by atoms with Gasteiger partial charge in [0.1, 0.15) is 24.8 Å². The van der Waals surface area contributed by atoms with Crippen molar-refractivity contribution in [3.05, 3.63) is 89.0 Å². The molecule has 3 aromatic rings. The van der Waals surface area contributed by atoms with Crippen molar-refractivity contribution >= 4 is 21.7 Å². The van der Waals surface area contributed by atoms with Crippen LogP contribution in [0, 0.1) is 0 Å². The first-order chi connectivity index (χ1) is 17.8. The van der Waals surface area contributed by atoms with E-state index in [0.29, 0.717) is 11.3 Å². The van der Waals surface area contributed by atoms with Crippen LogP contribution in [0.15, 0.2) is 71.6 Å². The Labute approximate surface area is 215 Å². The number of hydrogen-bond donors (Lipinski definition) is 2. The van der Waals surface area contributed by atoms with Crippen LogP contribution in [-0.4, -0.2) is 46.4 Å². The Hall–Kier alpha value is -3.92. The van der Waals surface area contributed by atoms with Crippen LogP contribution in [0.4, 0.5) is 4.39 Å². The lowest BCUT2D eigenvalue weighted by atomic mass is 10.1. The molecule has 0 aromatic heterocycles. The van der Waals surface area contributed by atoms with Gasteiger partial charge in [0.15, 0.2) is 9.84 Å². The highest BCUT2D eigenvalue weighted by molar-refractivity contribution is 7.91. The molecule has 196 valence electrons. The van der Waals surface area contributed by atoms with Crippen LogP contribution < -0.4 is 20.1 Å². The van der Waals surface area contributed by atoms with E-state index in [0.717, 1.165) is 5.56 Å². The monoisotopic (exact) mass is 528 g/mol. The number of hydrogen-bond acceptors (Lipinski definition) is 6. The van der Waals surface area contributed by atoms with Crippen molar-refractivity contribution in [3.63, 3.8) is 0 Å². The second-order valence-electron chi connectivity index (χ2n) is 7.97. The smallest absolute Gasteiger partial charge is 0.255 e. The summed E-state index contributed by atoms with van der Waals surface area (Å²) >= 11 is 0. The number of halogens is 1. The molecule has 0 atom stereocenters. The first-order valence-corrected chi connectivity index (χ1v) is 13.3. The van der Waals surface area contributed by atoms with Gasteiger partial charge in [0, 0.05) is 24.2 Å². The fraction of sp³-hybridized carbons (Fsp3) is 0.259. The molecule has 0 heterocycles. The Morgan fingerprint density at radius 3 is 2.27 bits per heavy atom. The van der Waals surface area contributed by atoms with Gasteiger partial charge in [0.05, 0.1) is 23.3 Å². The summed E-state index contributed by atoms with van der Waals surface area (Å²) < 4.78 is 47.3. The number of alkyl halides is 1. The highest BCUT2D eigenvalue weighted by atomic mass is 32.2. The van der Waals surface area contributed by atoms with E-state index in [1.165, 1.54) is 37.4 Å². The number of ether oxygens (including phenoxy) is 2. The molecule has 10 heteroatoms. The average molecular weight is 529 g/mol. The number of rotatable bonds is 12. The van der Waals surface area contributed by atoms with E-state index < -0.39 is 28.3 Å². The first kappa shape index (κ1) is 27.7. The van der Waals surface area contributed by atoms with Gasteiger partial charge in [0.25, 0.3) is 11.8 Å². The molecule has 3 rings (SSSR count). The molecule has 0 aliphatic heterocycles. The zero-order chi connectivity index (χ0) is 26.8. The number of sulfone groups is 1. The van der Waals surface area contributed by atoms with Crippen molar-refractivity contribution in [3.8, 4) is 11.5 Å². The molecule has 0 spiro atoms. The standard InChI is InChI=1S/C27H29FN2O6S/c1-3-37(33,34)22-11-8-19(9-12-22)17-29-26(31)20-10-13-25(36-15-14-28)23(16-20)27(32)30-18-21-6-4-5-7-24(21)35-2/h4-13,16H,3,14-15,17-18H2,1-2H3,(H,29,31)(H,30,32). The van der Waals surface area contributed by atoms with Crippen LogP contribution in [0.25, 0.3) is 0 Å². The molecule has 0 saturated heterocycles. The third-order valence-corrected chi connectivity index (χ3v) is 7.32. The molecular formula is C27H29FN2O6S. The van der Waals surface area contributed by atoms with E-state index in [-0.39, 0.29) is 47.2 Å². The summed E-state index contributed by atoms with van der Waals surface area (Å²) in [5, 5.41) is 5.53. The Kier molecular flexibility index (Phi) is 9.62. The quantitative estimate of drug-likeness (QED) is 0.371. The fourth-order valence-corrected chi connectivity index (χ4v) is 4.39. The number of amides is 2. The van der Waals surface area contributed by atoms with Gasteiger partial charge in [-0.3, -0.25) is 9.59 Å². The number of methoxy groups -OCH3 is 1. The topological polar surface area (TPSA) is 111 Å². The number of carbonyl (C=O) groups excluding carboxylic acids is 2. The van der Waals surface area contributed by atoms with E-state index in [4.69, 9.17) is 9.47 Å². The molecule has 0 radical (unpaired) electrons. The fourth-order valence-electron chi connectivity index (χ4n) is 3.51. The molecule has 2 N–H and O–H groups in total. The van der Waals surface area contributed by atoms with Gasteiger partial charge in [-0.15, -0.1) is 0 Å². The molecule has 37 heavy (non-hydrogen) atoms. The van der Waals surface area contributed by atoms with Gasteiger partial charge in [-0.1, -0.05) is 37.3 Å². The van der Waals surface area contributed by atoms with Gasteiger partial charge in [-0.2, -0.15) is 0 Å². The molecule has 0 unspecified atom stereocenters. The number of benzene rings is 3. The predicted octanol–water partition coefficient (Wildman–Crippen LogP) is 3.70. The Morgan fingerprint density at radius 2 is 1.59 bits per heavy atom. The van der Waals surface area contributed by atoms with Crippen molar-refractivity contribution in [1.82, 2.24) is 10.6 Å². The lowest BCUT2D eigenvalue weighted by Gasteiger charge is -2.14. The van der Waals surface area contributed by atoms with Crippen LogP contribution in [0.2, 0.25) is 0 Å². The third kappa shape index (κ3) is 7.29. The van der Waals surface area contributed by atoms with Crippen molar-refractivity contribution in [2.75, 3.05) is 26.1 Å². The number of para-hydroxylation sites is 1. The molecule has 0 bridgehead atoms. The van der Waals surface area contributed by atoms with Crippen molar-refractivity contribution in [1.29, 1.82) is 0 Å². The van der Waals surface area contributed by atoms with Gasteiger partial charge < -0.3 is 20.1 Å². The summed E-state index contributed by atoms with van der Waals surface area (Å²) in [5.74, 6) is -0.170. The van der Waals surface area contributed by atoms with Gasteiger partial charge in [-0.05, 0) is 42.0 Å². The summed E-state index contributed by atoms with van der Waals surface area (Å²) in [6, 6.07) is 17.8. The maximum Gasteiger partial charge on any atom is 0.255 e. The SMILES string of the molecule is CCS(=O)(=O)c1ccc(CNC(=O)c2ccc(OCCF)c(C(=O)NCc3ccccc3OC)c2)cc1. The Bertz CT molecular complexity index is 1340. The zero-order valence-corrected chi connectivity index (χ0v) is 21.4. The minimum absolute atomic E-state index is 0.00290. The predicted molar refractivity (Wildman–Crippen MR) is 137 cm³/mol. The maximum atomic E-state index is 13.0. The minimum atomic E-state index is -3.31. The second-order valence-corrected chi connectivity index (χ2v) is 10.3. The van der Waals surface area contributed by atoms with Crippen LogP contribution >= 0.6 is 0 Å². The summed E-state index contributed by atoms with van der Waals surface area (Å²) in [4.78, 5) is 26.0. The molecule has 0 fully saturated rings. The minimum Gasteiger partial charge on any atom is -0.496 e. The Balaban J connectivity index is 1.73. The lowest BCUT2D eigenvalue weighted by molar-refractivity contribution is 0.0946. The van der Waals surface area contributed by atoms with Gasteiger partial charge >= 0.3 is 0 Å². The summed E-state index contributed by atoms with van der Waals surface area (Å²) in [7, 11) is -1.77. The summed E-state index contributed by atoms with van der Waals surface area (Å²) in [5.41, 5.74) is 1.77. The largest absolute Gasteiger partial charge is 0.496 e. The normalized spacial score (nSPS) is 11.0. The van der Waals surface area contributed by atoms with E-state index in [1.54, 1.807) is 25.1 Å².